The number of nitrogens with zero attached hydrogens (tertiary/aromatic N) is 2. The molecule has 0 bridgehead atoms. The highest BCUT2D eigenvalue weighted by Gasteiger charge is 2.34. The van der Waals surface area contributed by atoms with Crippen LogP contribution < -0.4 is 5.73 Å². The van der Waals surface area contributed by atoms with Crippen molar-refractivity contribution in [3.05, 3.63) is 24.3 Å². The first-order valence-corrected chi connectivity index (χ1v) is 3.86. The van der Waals surface area contributed by atoms with Crippen LogP contribution in [0.3, 0.4) is 0 Å². The Morgan fingerprint density at radius 1 is 1.27 bits per heavy atom. The molecular weight excluding hydrogens is 138 g/mol. The molecule has 0 atom stereocenters. The average molecular weight is 149 g/mol. The van der Waals surface area contributed by atoms with Crippen LogP contribution in [0.5, 0.6) is 0 Å². The third-order valence-corrected chi connectivity index (χ3v) is 2.38. The molecule has 1 aromatic rings. The molecule has 0 radical (unpaired) electrons. The molecule has 0 amide bonds. The Bertz CT molecular complexity index is 241. The lowest BCUT2D eigenvalue weighted by Gasteiger charge is -2.37. The Kier molecular flexibility index (Phi) is 1.39. The van der Waals surface area contributed by atoms with Gasteiger partial charge in [0.2, 0.25) is 0 Å². The van der Waals surface area contributed by atoms with Crippen molar-refractivity contribution in [2.75, 3.05) is 0 Å². The second-order valence-corrected chi connectivity index (χ2v) is 3.14. The zero-order valence-corrected chi connectivity index (χ0v) is 6.33. The lowest BCUT2D eigenvalue weighted by atomic mass is 9.74. The number of nitrogens with two attached hydrogens (primary N) is 1. The smallest absolute Gasteiger partial charge is 0.115 e. The molecule has 58 valence electrons. The minimum absolute atomic E-state index is 0.110. The summed E-state index contributed by atoms with van der Waals surface area (Å²) in [5.41, 5.74) is 7.01. The standard InChI is InChI=1S/C8H11N3/c9-8(2-1-3-8)7-4-10-6-11-5-7/h4-6H,1-3,9H2. The van der Waals surface area contributed by atoms with E-state index < -0.39 is 0 Å². The Morgan fingerprint density at radius 3 is 2.36 bits per heavy atom. The van der Waals surface area contributed by atoms with Gasteiger partial charge < -0.3 is 5.73 Å². The largest absolute Gasteiger partial charge is 0.321 e. The zero-order valence-electron chi connectivity index (χ0n) is 6.33. The van der Waals surface area contributed by atoms with Gasteiger partial charge in [-0.2, -0.15) is 0 Å². The highest BCUT2D eigenvalue weighted by Crippen LogP contribution is 2.37. The van der Waals surface area contributed by atoms with E-state index in [4.69, 9.17) is 5.73 Å². The van der Waals surface area contributed by atoms with Crippen molar-refractivity contribution in [2.24, 2.45) is 5.73 Å². The van der Waals surface area contributed by atoms with Gasteiger partial charge in [-0.3, -0.25) is 0 Å². The quantitative estimate of drug-likeness (QED) is 0.643. The van der Waals surface area contributed by atoms with Crippen molar-refractivity contribution in [3.8, 4) is 0 Å². The maximum atomic E-state index is 6.04. The molecule has 1 heterocycles. The van der Waals surface area contributed by atoms with E-state index in [2.05, 4.69) is 9.97 Å². The number of hydrogen-bond acceptors (Lipinski definition) is 3. The first kappa shape index (κ1) is 6.73. The van der Waals surface area contributed by atoms with Gasteiger partial charge in [-0.25, -0.2) is 9.97 Å². The van der Waals surface area contributed by atoms with Crippen molar-refractivity contribution >= 4 is 0 Å². The van der Waals surface area contributed by atoms with Crippen LogP contribution in [0, 0.1) is 0 Å². The summed E-state index contributed by atoms with van der Waals surface area (Å²) in [5.74, 6) is 0. The molecule has 0 saturated heterocycles. The van der Waals surface area contributed by atoms with Crippen molar-refractivity contribution in [3.63, 3.8) is 0 Å². The summed E-state index contributed by atoms with van der Waals surface area (Å²) in [4.78, 5) is 7.88. The predicted molar refractivity (Wildman–Crippen MR) is 41.7 cm³/mol. The molecule has 0 aromatic carbocycles. The lowest BCUT2D eigenvalue weighted by Crippen LogP contribution is -2.43. The van der Waals surface area contributed by atoms with E-state index in [1.54, 1.807) is 0 Å². The molecule has 1 aliphatic carbocycles. The molecule has 0 spiro atoms. The lowest BCUT2D eigenvalue weighted by molar-refractivity contribution is 0.252. The molecule has 1 aromatic heterocycles. The summed E-state index contributed by atoms with van der Waals surface area (Å²) in [7, 11) is 0. The van der Waals surface area contributed by atoms with Gasteiger partial charge >= 0.3 is 0 Å². The van der Waals surface area contributed by atoms with Crippen LogP contribution in [0.4, 0.5) is 0 Å². The van der Waals surface area contributed by atoms with Gasteiger partial charge in [0, 0.05) is 23.5 Å². The first-order valence-electron chi connectivity index (χ1n) is 3.86. The Balaban J connectivity index is 2.29. The van der Waals surface area contributed by atoms with Gasteiger partial charge in [-0.15, -0.1) is 0 Å². The van der Waals surface area contributed by atoms with E-state index in [1.165, 1.54) is 12.7 Å². The van der Waals surface area contributed by atoms with E-state index >= 15 is 0 Å². The molecule has 3 nitrogen and oxygen atoms in total. The summed E-state index contributed by atoms with van der Waals surface area (Å²) in [6.45, 7) is 0. The Hall–Kier alpha value is -0.960. The highest BCUT2D eigenvalue weighted by atomic mass is 14.8. The van der Waals surface area contributed by atoms with Gasteiger partial charge in [0.05, 0.1) is 0 Å². The van der Waals surface area contributed by atoms with Crippen LogP contribution in [0.15, 0.2) is 18.7 Å². The van der Waals surface area contributed by atoms with E-state index in [0.717, 1.165) is 18.4 Å². The fourth-order valence-corrected chi connectivity index (χ4v) is 1.40. The summed E-state index contributed by atoms with van der Waals surface area (Å²) < 4.78 is 0. The van der Waals surface area contributed by atoms with Crippen molar-refractivity contribution in [2.45, 2.75) is 24.8 Å². The second kappa shape index (κ2) is 2.27. The number of aromatic nitrogens is 2. The summed E-state index contributed by atoms with van der Waals surface area (Å²) in [6.07, 6.45) is 8.52. The first-order chi connectivity index (χ1) is 5.31. The number of rotatable bonds is 1. The topological polar surface area (TPSA) is 51.8 Å². The van der Waals surface area contributed by atoms with E-state index in [-0.39, 0.29) is 5.54 Å². The monoisotopic (exact) mass is 149 g/mol. The molecule has 2 rings (SSSR count). The minimum Gasteiger partial charge on any atom is -0.321 e. The Labute approximate surface area is 65.7 Å². The van der Waals surface area contributed by atoms with E-state index in [0.29, 0.717) is 0 Å². The maximum Gasteiger partial charge on any atom is 0.115 e. The third kappa shape index (κ3) is 1.01. The van der Waals surface area contributed by atoms with E-state index in [1.807, 2.05) is 12.4 Å². The summed E-state index contributed by atoms with van der Waals surface area (Å²) in [6, 6.07) is 0. The highest BCUT2D eigenvalue weighted by molar-refractivity contribution is 5.19. The fourth-order valence-electron chi connectivity index (χ4n) is 1.40. The molecule has 1 aliphatic rings. The molecule has 11 heavy (non-hydrogen) atoms. The minimum atomic E-state index is -0.110. The van der Waals surface area contributed by atoms with Gasteiger partial charge in [-0.05, 0) is 19.3 Å². The van der Waals surface area contributed by atoms with Crippen molar-refractivity contribution < 1.29 is 0 Å². The van der Waals surface area contributed by atoms with Crippen LogP contribution in [-0.4, -0.2) is 9.97 Å². The van der Waals surface area contributed by atoms with E-state index in [9.17, 15) is 0 Å². The fraction of sp³-hybridized carbons (Fsp3) is 0.500. The normalized spacial score (nSPS) is 20.8. The summed E-state index contributed by atoms with van der Waals surface area (Å²) in [5, 5.41) is 0. The molecular formula is C8H11N3. The molecule has 0 aliphatic heterocycles. The van der Waals surface area contributed by atoms with Crippen LogP contribution in [0.25, 0.3) is 0 Å². The van der Waals surface area contributed by atoms with Crippen LogP contribution >= 0.6 is 0 Å². The van der Waals surface area contributed by atoms with Gasteiger partial charge in [-0.1, -0.05) is 0 Å². The third-order valence-electron chi connectivity index (χ3n) is 2.38. The SMILES string of the molecule is NC1(c2cncnc2)CCC1. The molecule has 1 saturated carbocycles. The Morgan fingerprint density at radius 2 is 1.91 bits per heavy atom. The zero-order chi connectivity index (χ0) is 7.73. The van der Waals surface area contributed by atoms with Crippen LogP contribution in [0.2, 0.25) is 0 Å². The van der Waals surface area contributed by atoms with Crippen molar-refractivity contribution in [1.29, 1.82) is 0 Å². The predicted octanol–water partition coefficient (Wildman–Crippen LogP) is 0.814. The van der Waals surface area contributed by atoms with Gasteiger partial charge in [0.25, 0.3) is 0 Å². The average Bonchev–Trinajstić information content (AvgIpc) is 2.02. The maximum absolute atomic E-state index is 6.04. The molecule has 1 fully saturated rings. The molecule has 0 unspecified atom stereocenters. The van der Waals surface area contributed by atoms with Crippen molar-refractivity contribution in [1.82, 2.24) is 9.97 Å². The summed E-state index contributed by atoms with van der Waals surface area (Å²) >= 11 is 0. The number of hydrogen-bond donors (Lipinski definition) is 1. The molecule has 3 heteroatoms. The molecule has 2 N–H and O–H groups in total. The van der Waals surface area contributed by atoms with Gasteiger partial charge in [0.15, 0.2) is 0 Å². The van der Waals surface area contributed by atoms with Crippen LogP contribution in [-0.2, 0) is 5.54 Å². The van der Waals surface area contributed by atoms with Gasteiger partial charge in [0.1, 0.15) is 6.33 Å². The van der Waals surface area contributed by atoms with Crippen LogP contribution in [0.1, 0.15) is 24.8 Å². The second-order valence-electron chi connectivity index (χ2n) is 3.14.